The summed E-state index contributed by atoms with van der Waals surface area (Å²) < 4.78 is 5.04. The molecule has 0 aliphatic heterocycles. The van der Waals surface area contributed by atoms with E-state index in [1.807, 2.05) is 24.4 Å². The number of aromatic nitrogens is 2. The quantitative estimate of drug-likeness (QED) is 0.897. The summed E-state index contributed by atoms with van der Waals surface area (Å²) in [5.41, 5.74) is 3.50. The fourth-order valence-electron chi connectivity index (χ4n) is 2.34. The second-order valence-corrected chi connectivity index (χ2v) is 4.37. The molecular formula is C14H15N3O. The van der Waals surface area contributed by atoms with Gasteiger partial charge in [-0.3, -0.25) is 4.98 Å². The van der Waals surface area contributed by atoms with Crippen LogP contribution in [0.15, 0.2) is 36.7 Å². The molecule has 4 heteroatoms. The molecule has 1 aliphatic rings. The van der Waals surface area contributed by atoms with Crippen LogP contribution < -0.4 is 10.1 Å². The summed E-state index contributed by atoms with van der Waals surface area (Å²) in [4.78, 5) is 8.65. The first-order chi connectivity index (χ1) is 8.86. The van der Waals surface area contributed by atoms with E-state index in [2.05, 4.69) is 21.4 Å². The highest BCUT2D eigenvalue weighted by Gasteiger charge is 2.23. The van der Waals surface area contributed by atoms with Gasteiger partial charge in [-0.05, 0) is 30.5 Å². The van der Waals surface area contributed by atoms with Gasteiger partial charge < -0.3 is 10.1 Å². The van der Waals surface area contributed by atoms with E-state index < -0.39 is 0 Å². The second kappa shape index (κ2) is 4.64. The number of ether oxygens (including phenoxy) is 1. The Morgan fingerprint density at radius 1 is 1.28 bits per heavy atom. The molecule has 1 aliphatic carbocycles. The summed E-state index contributed by atoms with van der Waals surface area (Å²) in [5.74, 6) is 0.630. The molecule has 1 N–H and O–H groups in total. The van der Waals surface area contributed by atoms with Gasteiger partial charge in [0, 0.05) is 12.3 Å². The zero-order valence-corrected chi connectivity index (χ0v) is 10.3. The number of anilines is 1. The summed E-state index contributed by atoms with van der Waals surface area (Å²) in [5, 5.41) is 3.47. The van der Waals surface area contributed by atoms with Crippen LogP contribution in [0, 0.1) is 0 Å². The Morgan fingerprint density at radius 3 is 3.00 bits per heavy atom. The number of hydrogen-bond acceptors (Lipinski definition) is 4. The Labute approximate surface area is 106 Å². The third kappa shape index (κ3) is 2.01. The fourth-order valence-corrected chi connectivity index (χ4v) is 2.34. The molecule has 0 amide bonds. The number of nitrogens with one attached hydrogen (secondary N) is 1. The molecule has 0 aromatic carbocycles. The molecule has 0 spiro atoms. The normalized spacial score (nSPS) is 17.3. The van der Waals surface area contributed by atoms with Crippen molar-refractivity contribution < 1.29 is 4.74 Å². The van der Waals surface area contributed by atoms with Gasteiger partial charge in [0.05, 0.1) is 30.7 Å². The van der Waals surface area contributed by atoms with Gasteiger partial charge in [0.2, 0.25) is 5.88 Å². The van der Waals surface area contributed by atoms with Crippen LogP contribution in [0.5, 0.6) is 5.88 Å². The van der Waals surface area contributed by atoms with Crippen LogP contribution >= 0.6 is 0 Å². The van der Waals surface area contributed by atoms with Gasteiger partial charge in [0.15, 0.2) is 0 Å². The van der Waals surface area contributed by atoms with Crippen molar-refractivity contribution in [3.05, 3.63) is 47.9 Å². The molecule has 2 aromatic heterocycles. The molecule has 4 nitrogen and oxygen atoms in total. The molecule has 1 atom stereocenters. The number of methoxy groups -OCH3 is 1. The van der Waals surface area contributed by atoms with Gasteiger partial charge in [0.25, 0.3) is 0 Å². The lowest BCUT2D eigenvalue weighted by Crippen LogP contribution is -2.08. The number of aryl methyl sites for hydroxylation is 1. The Balaban J connectivity index is 1.77. The van der Waals surface area contributed by atoms with E-state index in [1.165, 1.54) is 5.56 Å². The van der Waals surface area contributed by atoms with Crippen LogP contribution in [-0.4, -0.2) is 17.1 Å². The van der Waals surface area contributed by atoms with Crippen LogP contribution in [0.3, 0.4) is 0 Å². The van der Waals surface area contributed by atoms with E-state index in [1.54, 1.807) is 13.3 Å². The average molecular weight is 241 g/mol. The van der Waals surface area contributed by atoms with Crippen molar-refractivity contribution in [2.45, 2.75) is 18.9 Å². The Bertz CT molecular complexity index is 539. The molecule has 92 valence electrons. The van der Waals surface area contributed by atoms with Crippen molar-refractivity contribution in [3.63, 3.8) is 0 Å². The molecule has 2 aromatic rings. The largest absolute Gasteiger partial charge is 0.481 e. The minimum Gasteiger partial charge on any atom is -0.481 e. The number of rotatable bonds is 3. The highest BCUT2D eigenvalue weighted by molar-refractivity contribution is 5.46. The van der Waals surface area contributed by atoms with E-state index in [-0.39, 0.29) is 6.04 Å². The lowest BCUT2D eigenvalue weighted by molar-refractivity contribution is 0.398. The van der Waals surface area contributed by atoms with Crippen LogP contribution in [0.1, 0.15) is 23.7 Å². The Morgan fingerprint density at radius 2 is 2.22 bits per heavy atom. The van der Waals surface area contributed by atoms with Crippen LogP contribution in [0.25, 0.3) is 0 Å². The number of nitrogens with zero attached hydrogens (tertiary/aromatic N) is 2. The zero-order valence-electron chi connectivity index (χ0n) is 10.3. The van der Waals surface area contributed by atoms with E-state index in [9.17, 15) is 0 Å². The van der Waals surface area contributed by atoms with Crippen molar-refractivity contribution in [1.29, 1.82) is 0 Å². The van der Waals surface area contributed by atoms with Gasteiger partial charge >= 0.3 is 0 Å². The van der Waals surface area contributed by atoms with Gasteiger partial charge in [-0.15, -0.1) is 0 Å². The minimum atomic E-state index is 0.288. The topological polar surface area (TPSA) is 47.0 Å². The third-order valence-electron chi connectivity index (χ3n) is 3.24. The SMILES string of the molecule is COc1ccc(NC2CCc3cccnc32)cn1. The maximum absolute atomic E-state index is 5.04. The Kier molecular flexibility index (Phi) is 2.84. The van der Waals surface area contributed by atoms with E-state index >= 15 is 0 Å². The van der Waals surface area contributed by atoms with Crippen LogP contribution in [-0.2, 0) is 6.42 Å². The highest BCUT2D eigenvalue weighted by atomic mass is 16.5. The van der Waals surface area contributed by atoms with Crippen LogP contribution in [0.4, 0.5) is 5.69 Å². The smallest absolute Gasteiger partial charge is 0.213 e. The lowest BCUT2D eigenvalue weighted by atomic mass is 10.2. The van der Waals surface area contributed by atoms with Crippen LogP contribution in [0.2, 0.25) is 0 Å². The first-order valence-electron chi connectivity index (χ1n) is 6.07. The van der Waals surface area contributed by atoms with E-state index in [4.69, 9.17) is 4.74 Å². The van der Waals surface area contributed by atoms with Crippen molar-refractivity contribution in [2.24, 2.45) is 0 Å². The molecule has 0 bridgehead atoms. The molecule has 2 heterocycles. The molecule has 1 unspecified atom stereocenters. The number of fused-ring (bicyclic) bond motifs is 1. The first-order valence-corrected chi connectivity index (χ1v) is 6.07. The standard InChI is InChI=1S/C14H15N3O/c1-18-13-7-5-11(9-16-13)17-12-6-4-10-3-2-8-15-14(10)12/h2-3,5,7-9,12,17H,4,6H2,1H3. The molecule has 0 fully saturated rings. The summed E-state index contributed by atoms with van der Waals surface area (Å²) >= 11 is 0. The number of hydrogen-bond donors (Lipinski definition) is 1. The highest BCUT2D eigenvalue weighted by Crippen LogP contribution is 2.31. The summed E-state index contributed by atoms with van der Waals surface area (Å²) in [7, 11) is 1.62. The summed E-state index contributed by atoms with van der Waals surface area (Å²) in [6.07, 6.45) is 5.81. The first kappa shape index (κ1) is 11.0. The minimum absolute atomic E-state index is 0.288. The fraction of sp³-hybridized carbons (Fsp3) is 0.286. The zero-order chi connectivity index (χ0) is 12.4. The molecular weight excluding hydrogens is 226 g/mol. The Hall–Kier alpha value is -2.10. The monoisotopic (exact) mass is 241 g/mol. The van der Waals surface area contributed by atoms with Gasteiger partial charge in [0.1, 0.15) is 0 Å². The molecule has 0 saturated carbocycles. The molecule has 0 radical (unpaired) electrons. The van der Waals surface area contributed by atoms with E-state index in [0.29, 0.717) is 5.88 Å². The van der Waals surface area contributed by atoms with Crippen molar-refractivity contribution >= 4 is 5.69 Å². The third-order valence-corrected chi connectivity index (χ3v) is 3.24. The van der Waals surface area contributed by atoms with E-state index in [0.717, 1.165) is 24.2 Å². The molecule has 0 saturated heterocycles. The van der Waals surface area contributed by atoms with Crippen molar-refractivity contribution in [2.75, 3.05) is 12.4 Å². The predicted molar refractivity (Wildman–Crippen MR) is 69.7 cm³/mol. The van der Waals surface area contributed by atoms with Gasteiger partial charge in [-0.1, -0.05) is 6.07 Å². The summed E-state index contributed by atoms with van der Waals surface area (Å²) in [6.45, 7) is 0. The second-order valence-electron chi connectivity index (χ2n) is 4.37. The maximum Gasteiger partial charge on any atom is 0.213 e. The van der Waals surface area contributed by atoms with Gasteiger partial charge in [-0.2, -0.15) is 0 Å². The average Bonchev–Trinajstić information content (AvgIpc) is 2.83. The van der Waals surface area contributed by atoms with Gasteiger partial charge in [-0.25, -0.2) is 4.98 Å². The maximum atomic E-state index is 5.04. The molecule has 18 heavy (non-hydrogen) atoms. The lowest BCUT2D eigenvalue weighted by Gasteiger charge is -2.14. The molecule has 3 rings (SSSR count). The van der Waals surface area contributed by atoms with Crippen molar-refractivity contribution in [1.82, 2.24) is 9.97 Å². The predicted octanol–water partition coefficient (Wildman–Crippen LogP) is 2.58. The van der Waals surface area contributed by atoms with Crippen molar-refractivity contribution in [3.8, 4) is 5.88 Å². The summed E-state index contributed by atoms with van der Waals surface area (Å²) in [6, 6.07) is 8.27. The number of pyridine rings is 2.